The smallest absolute Gasteiger partial charge is 0.256 e. The first-order valence-corrected chi connectivity index (χ1v) is 12.1. The minimum atomic E-state index is -0.104. The minimum absolute atomic E-state index is 0.104. The molecule has 0 aliphatic heterocycles. The molecule has 6 heteroatoms. The lowest BCUT2D eigenvalue weighted by Gasteiger charge is -2.10. The van der Waals surface area contributed by atoms with Crippen molar-refractivity contribution in [3.8, 4) is 10.6 Å². The van der Waals surface area contributed by atoms with E-state index in [0.29, 0.717) is 5.56 Å². The second kappa shape index (κ2) is 9.90. The minimum Gasteiger partial charge on any atom is -0.314 e. The van der Waals surface area contributed by atoms with Crippen molar-refractivity contribution in [1.29, 1.82) is 0 Å². The van der Waals surface area contributed by atoms with Crippen molar-refractivity contribution in [2.24, 2.45) is 4.99 Å². The van der Waals surface area contributed by atoms with Crippen LogP contribution in [0.3, 0.4) is 0 Å². The standard InChI is InChI=1S/C25H25N3OS2/c1-3-4-16-28-22(21-11-8-17-30-21)24(27-23(29)19-14-12-18(2)13-15-19)31-25(28)26-20-9-6-5-7-10-20/h5-15,17H,3-4,16H2,1-2H3,(H,27,29). The Balaban J connectivity index is 1.82. The van der Waals surface area contributed by atoms with Crippen LogP contribution >= 0.6 is 22.7 Å². The predicted molar refractivity (Wildman–Crippen MR) is 131 cm³/mol. The van der Waals surface area contributed by atoms with Gasteiger partial charge in [-0.3, -0.25) is 4.79 Å². The van der Waals surface area contributed by atoms with Crippen molar-refractivity contribution < 1.29 is 4.79 Å². The number of hydrogen-bond donors (Lipinski definition) is 1. The Morgan fingerprint density at radius 3 is 2.48 bits per heavy atom. The fourth-order valence-electron chi connectivity index (χ4n) is 3.26. The van der Waals surface area contributed by atoms with Gasteiger partial charge in [-0.25, -0.2) is 4.99 Å². The molecule has 1 amide bonds. The van der Waals surface area contributed by atoms with Crippen molar-refractivity contribution in [3.05, 3.63) is 88.0 Å². The summed E-state index contributed by atoms with van der Waals surface area (Å²) in [6, 6.07) is 21.8. The summed E-state index contributed by atoms with van der Waals surface area (Å²) in [5.41, 5.74) is 3.72. The average molecular weight is 448 g/mol. The van der Waals surface area contributed by atoms with E-state index in [1.807, 2.05) is 67.6 Å². The number of anilines is 1. The molecule has 2 aromatic carbocycles. The fourth-order valence-corrected chi connectivity index (χ4v) is 5.19. The van der Waals surface area contributed by atoms with Gasteiger partial charge in [-0.1, -0.05) is 66.6 Å². The number of nitrogens with one attached hydrogen (secondary N) is 1. The van der Waals surface area contributed by atoms with Crippen molar-refractivity contribution in [2.45, 2.75) is 33.2 Å². The summed E-state index contributed by atoms with van der Waals surface area (Å²) in [7, 11) is 0. The summed E-state index contributed by atoms with van der Waals surface area (Å²) in [5, 5.41) is 6.06. The second-order valence-corrected chi connectivity index (χ2v) is 9.24. The van der Waals surface area contributed by atoms with Crippen LogP contribution in [0.4, 0.5) is 10.7 Å². The molecule has 0 spiro atoms. The molecule has 0 fully saturated rings. The molecule has 2 aromatic heterocycles. The largest absolute Gasteiger partial charge is 0.314 e. The Labute approximate surface area is 190 Å². The van der Waals surface area contributed by atoms with Crippen LogP contribution in [0, 0.1) is 6.92 Å². The zero-order chi connectivity index (χ0) is 21.6. The second-order valence-electron chi connectivity index (χ2n) is 7.31. The maximum absolute atomic E-state index is 13.0. The molecular weight excluding hydrogens is 422 g/mol. The SMILES string of the molecule is CCCCn1c(-c2cccs2)c(NC(=O)c2ccc(C)cc2)sc1=Nc1ccccc1. The van der Waals surface area contributed by atoms with Gasteiger partial charge in [0.2, 0.25) is 0 Å². The summed E-state index contributed by atoms with van der Waals surface area (Å²) >= 11 is 3.20. The van der Waals surface area contributed by atoms with Crippen molar-refractivity contribution in [3.63, 3.8) is 0 Å². The molecule has 0 aliphatic carbocycles. The summed E-state index contributed by atoms with van der Waals surface area (Å²) in [4.78, 5) is 19.9. The van der Waals surface area contributed by atoms with E-state index in [9.17, 15) is 4.79 Å². The number of unbranched alkanes of at least 4 members (excludes halogenated alkanes) is 1. The van der Waals surface area contributed by atoms with Crippen LogP contribution in [0.15, 0.2) is 77.1 Å². The molecular formula is C25H25N3OS2. The molecule has 4 rings (SSSR count). The number of nitrogens with zero attached hydrogens (tertiary/aromatic N) is 2. The van der Waals surface area contributed by atoms with Gasteiger partial charge in [0.05, 0.1) is 16.3 Å². The third-order valence-electron chi connectivity index (χ3n) is 4.92. The van der Waals surface area contributed by atoms with Crippen molar-refractivity contribution in [2.75, 3.05) is 5.32 Å². The Hall–Kier alpha value is -2.96. The molecule has 4 aromatic rings. The van der Waals surface area contributed by atoms with E-state index in [1.54, 1.807) is 11.3 Å². The number of hydrogen-bond acceptors (Lipinski definition) is 4. The van der Waals surface area contributed by atoms with Gasteiger partial charge in [0.15, 0.2) is 4.80 Å². The van der Waals surface area contributed by atoms with Gasteiger partial charge < -0.3 is 9.88 Å². The third kappa shape index (κ3) is 5.03. The molecule has 0 radical (unpaired) electrons. The van der Waals surface area contributed by atoms with Gasteiger partial charge >= 0.3 is 0 Å². The number of rotatable bonds is 7. The number of carbonyl (C=O) groups is 1. The molecule has 2 heterocycles. The molecule has 0 bridgehead atoms. The lowest BCUT2D eigenvalue weighted by molar-refractivity contribution is 0.102. The van der Waals surface area contributed by atoms with E-state index in [1.165, 1.54) is 11.3 Å². The van der Waals surface area contributed by atoms with Crippen molar-refractivity contribution in [1.82, 2.24) is 4.57 Å². The number of amides is 1. The van der Waals surface area contributed by atoms with Gasteiger partial charge in [-0.2, -0.15) is 0 Å². The van der Waals surface area contributed by atoms with E-state index in [0.717, 1.165) is 51.0 Å². The molecule has 4 nitrogen and oxygen atoms in total. The lowest BCUT2D eigenvalue weighted by Crippen LogP contribution is -2.16. The van der Waals surface area contributed by atoms with Crippen LogP contribution in [0.25, 0.3) is 10.6 Å². The Bertz CT molecular complexity index is 1200. The topological polar surface area (TPSA) is 46.4 Å². The first-order valence-electron chi connectivity index (χ1n) is 10.4. The van der Waals surface area contributed by atoms with E-state index in [-0.39, 0.29) is 5.91 Å². The number of thiophene rings is 1. The van der Waals surface area contributed by atoms with Crippen LogP contribution in [0.2, 0.25) is 0 Å². The van der Waals surface area contributed by atoms with Gasteiger partial charge in [0.1, 0.15) is 5.00 Å². The Morgan fingerprint density at radius 1 is 1.03 bits per heavy atom. The zero-order valence-electron chi connectivity index (χ0n) is 17.7. The normalized spacial score (nSPS) is 11.6. The van der Waals surface area contributed by atoms with Gasteiger partial charge in [0.25, 0.3) is 5.91 Å². The third-order valence-corrected chi connectivity index (χ3v) is 6.79. The van der Waals surface area contributed by atoms with E-state index < -0.39 is 0 Å². The highest BCUT2D eigenvalue weighted by Gasteiger charge is 2.19. The molecule has 0 aliphatic rings. The maximum Gasteiger partial charge on any atom is 0.256 e. The van der Waals surface area contributed by atoms with Crippen LogP contribution in [0.1, 0.15) is 35.7 Å². The lowest BCUT2D eigenvalue weighted by atomic mass is 10.1. The Morgan fingerprint density at radius 2 is 1.81 bits per heavy atom. The number of benzene rings is 2. The number of aromatic nitrogens is 1. The monoisotopic (exact) mass is 447 g/mol. The number of para-hydroxylation sites is 1. The maximum atomic E-state index is 13.0. The number of carbonyl (C=O) groups excluding carboxylic acids is 1. The molecule has 1 N–H and O–H groups in total. The highest BCUT2D eigenvalue weighted by molar-refractivity contribution is 7.16. The highest BCUT2D eigenvalue weighted by atomic mass is 32.1. The Kier molecular flexibility index (Phi) is 6.79. The number of aryl methyl sites for hydroxylation is 1. The summed E-state index contributed by atoms with van der Waals surface area (Å²) in [5.74, 6) is -0.104. The summed E-state index contributed by atoms with van der Waals surface area (Å²) in [6.07, 6.45) is 2.13. The molecule has 0 unspecified atom stereocenters. The molecule has 0 atom stereocenters. The number of thiazole rings is 1. The van der Waals surface area contributed by atoms with Gasteiger partial charge in [-0.05, 0) is 49.1 Å². The van der Waals surface area contributed by atoms with E-state index in [2.05, 4.69) is 28.3 Å². The average Bonchev–Trinajstić information content (AvgIpc) is 3.41. The quantitative estimate of drug-likeness (QED) is 0.330. The van der Waals surface area contributed by atoms with Gasteiger partial charge in [0, 0.05) is 12.1 Å². The van der Waals surface area contributed by atoms with Crippen LogP contribution in [-0.4, -0.2) is 10.5 Å². The first-order chi connectivity index (χ1) is 15.2. The van der Waals surface area contributed by atoms with Crippen molar-refractivity contribution >= 4 is 39.3 Å². The van der Waals surface area contributed by atoms with Crippen LogP contribution < -0.4 is 10.1 Å². The van der Waals surface area contributed by atoms with Crippen LogP contribution in [0.5, 0.6) is 0 Å². The predicted octanol–water partition coefficient (Wildman–Crippen LogP) is 6.87. The summed E-state index contributed by atoms with van der Waals surface area (Å²) in [6.45, 7) is 5.06. The van der Waals surface area contributed by atoms with Gasteiger partial charge in [-0.15, -0.1) is 11.3 Å². The molecule has 158 valence electrons. The van der Waals surface area contributed by atoms with Crippen LogP contribution in [-0.2, 0) is 6.54 Å². The molecule has 0 saturated carbocycles. The highest BCUT2D eigenvalue weighted by Crippen LogP contribution is 2.34. The van der Waals surface area contributed by atoms with E-state index in [4.69, 9.17) is 4.99 Å². The fraction of sp³-hybridized carbons (Fsp3) is 0.200. The zero-order valence-corrected chi connectivity index (χ0v) is 19.3. The molecule has 0 saturated heterocycles. The summed E-state index contributed by atoms with van der Waals surface area (Å²) < 4.78 is 2.25. The van der Waals surface area contributed by atoms with E-state index >= 15 is 0 Å². The molecule has 31 heavy (non-hydrogen) atoms. The first kappa shape index (κ1) is 21.3.